The topological polar surface area (TPSA) is 170 Å². The van der Waals surface area contributed by atoms with Crippen LogP contribution in [0.4, 0.5) is 11.5 Å². The second-order valence-corrected chi connectivity index (χ2v) is 10.1. The van der Waals surface area contributed by atoms with Crippen LogP contribution in [-0.2, 0) is 27.9 Å². The number of aryl methyl sites for hydroxylation is 1. The van der Waals surface area contributed by atoms with E-state index in [2.05, 4.69) is 20.2 Å². The predicted octanol–water partition coefficient (Wildman–Crippen LogP) is 1.50. The summed E-state index contributed by atoms with van der Waals surface area (Å²) < 4.78 is 40.3. The van der Waals surface area contributed by atoms with E-state index >= 15 is 0 Å². The monoisotopic (exact) mass is 524 g/mol. The smallest absolute Gasteiger partial charge is 0.275 e. The highest BCUT2D eigenvalue weighted by molar-refractivity contribution is 7.92. The number of rotatable bonds is 7. The normalized spacial score (nSPS) is 12.9. The van der Waals surface area contributed by atoms with Crippen LogP contribution < -0.4 is 30.8 Å². The van der Waals surface area contributed by atoms with Crippen molar-refractivity contribution in [3.05, 3.63) is 70.1 Å². The van der Waals surface area contributed by atoms with Crippen molar-refractivity contribution in [1.82, 2.24) is 20.1 Å². The standard InChI is InChI=1S/C24H24N6O6S/c1-14-2-5-19(29-37(33,34)16-4-7-20-21(11-16)36-9-8-35-20)24(32)30(14)13-22(31)26-12-15-3-6-18-17(10-15)23(25)28-27-18/h2-7,10-11,29H,8-9,12-13H2,1H3,(H,26,31)(H3,25,27,28). The molecule has 0 unspecified atom stereocenters. The lowest BCUT2D eigenvalue weighted by Gasteiger charge is -2.19. The Kier molecular flexibility index (Phi) is 6.21. The van der Waals surface area contributed by atoms with Crippen molar-refractivity contribution in [3.63, 3.8) is 0 Å². The summed E-state index contributed by atoms with van der Waals surface area (Å²) in [4.78, 5) is 25.6. The number of sulfonamides is 1. The zero-order valence-corrected chi connectivity index (χ0v) is 20.6. The Labute approximate surface area is 211 Å². The van der Waals surface area contributed by atoms with Crippen LogP contribution in [-0.4, -0.2) is 42.3 Å². The number of benzene rings is 2. The summed E-state index contributed by atoms with van der Waals surface area (Å²) in [5.41, 5.74) is 7.08. The number of pyridine rings is 1. The molecule has 5 rings (SSSR count). The van der Waals surface area contributed by atoms with E-state index in [-0.39, 0.29) is 23.7 Å². The molecule has 4 aromatic rings. The fourth-order valence-corrected chi connectivity index (χ4v) is 5.00. The number of nitrogen functional groups attached to an aromatic ring is 1. The second-order valence-electron chi connectivity index (χ2n) is 8.46. The maximum atomic E-state index is 13.1. The maximum Gasteiger partial charge on any atom is 0.275 e. The summed E-state index contributed by atoms with van der Waals surface area (Å²) in [6, 6.07) is 12.6. The van der Waals surface area contributed by atoms with E-state index in [9.17, 15) is 18.0 Å². The van der Waals surface area contributed by atoms with E-state index < -0.39 is 21.5 Å². The van der Waals surface area contributed by atoms with Gasteiger partial charge in [0.25, 0.3) is 15.6 Å². The van der Waals surface area contributed by atoms with Crippen LogP contribution in [0.5, 0.6) is 11.5 Å². The number of fused-ring (bicyclic) bond motifs is 2. The first-order valence-corrected chi connectivity index (χ1v) is 12.8. The van der Waals surface area contributed by atoms with Gasteiger partial charge in [0, 0.05) is 23.7 Å². The molecule has 1 aliphatic rings. The minimum atomic E-state index is -4.11. The summed E-state index contributed by atoms with van der Waals surface area (Å²) in [5, 5.41) is 10.3. The number of hydrogen-bond donors (Lipinski definition) is 4. The molecule has 2 aromatic carbocycles. The second kappa shape index (κ2) is 9.50. The van der Waals surface area contributed by atoms with Crippen LogP contribution in [0.1, 0.15) is 11.3 Å². The molecule has 0 spiro atoms. The molecule has 0 fully saturated rings. The van der Waals surface area contributed by atoms with Crippen molar-refractivity contribution in [2.75, 3.05) is 23.7 Å². The van der Waals surface area contributed by atoms with Crippen molar-refractivity contribution < 1.29 is 22.7 Å². The molecule has 37 heavy (non-hydrogen) atoms. The first-order valence-electron chi connectivity index (χ1n) is 11.3. The number of nitrogens with zero attached hydrogens (tertiary/aromatic N) is 2. The highest BCUT2D eigenvalue weighted by Crippen LogP contribution is 2.32. The molecule has 0 saturated heterocycles. The van der Waals surface area contributed by atoms with Crippen molar-refractivity contribution in [3.8, 4) is 11.5 Å². The van der Waals surface area contributed by atoms with E-state index in [0.29, 0.717) is 36.2 Å². The summed E-state index contributed by atoms with van der Waals surface area (Å²) in [6.07, 6.45) is 0. The molecule has 2 aromatic heterocycles. The molecule has 1 amide bonds. The first kappa shape index (κ1) is 24.2. The number of nitrogens with two attached hydrogens (primary N) is 1. The average molecular weight is 525 g/mol. The quantitative estimate of drug-likeness (QED) is 0.282. The molecule has 0 saturated carbocycles. The SMILES string of the molecule is Cc1ccc(NS(=O)(=O)c2ccc3c(c2)OCCO3)c(=O)n1CC(=O)NCc1ccc2[nH]nc(N)c2c1. The molecule has 12 nitrogen and oxygen atoms in total. The van der Waals surface area contributed by atoms with Gasteiger partial charge in [0.05, 0.1) is 10.4 Å². The van der Waals surface area contributed by atoms with Gasteiger partial charge < -0.3 is 25.1 Å². The summed E-state index contributed by atoms with van der Waals surface area (Å²) in [7, 11) is -4.11. The number of ether oxygens (including phenoxy) is 2. The number of carbonyl (C=O) groups is 1. The molecule has 0 radical (unpaired) electrons. The number of anilines is 2. The number of nitrogens with one attached hydrogen (secondary N) is 3. The Morgan fingerprint density at radius 1 is 1.11 bits per heavy atom. The number of aromatic nitrogens is 3. The van der Waals surface area contributed by atoms with Gasteiger partial charge in [-0.15, -0.1) is 0 Å². The van der Waals surface area contributed by atoms with Crippen LogP contribution in [0.25, 0.3) is 10.9 Å². The van der Waals surface area contributed by atoms with E-state index in [0.717, 1.165) is 16.5 Å². The lowest BCUT2D eigenvalue weighted by atomic mass is 10.1. The van der Waals surface area contributed by atoms with Crippen molar-refractivity contribution in [1.29, 1.82) is 0 Å². The van der Waals surface area contributed by atoms with Gasteiger partial charge in [-0.05, 0) is 48.9 Å². The van der Waals surface area contributed by atoms with E-state index in [1.807, 2.05) is 18.2 Å². The fourth-order valence-electron chi connectivity index (χ4n) is 3.93. The third-order valence-corrected chi connectivity index (χ3v) is 7.27. The van der Waals surface area contributed by atoms with E-state index in [1.165, 1.54) is 28.8 Å². The van der Waals surface area contributed by atoms with Gasteiger partial charge in [-0.3, -0.25) is 19.4 Å². The molecule has 5 N–H and O–H groups in total. The number of carbonyl (C=O) groups excluding carboxylic acids is 1. The van der Waals surface area contributed by atoms with Crippen LogP contribution in [0.3, 0.4) is 0 Å². The largest absolute Gasteiger partial charge is 0.486 e. The number of amides is 1. The van der Waals surface area contributed by atoms with Crippen molar-refractivity contribution in [2.24, 2.45) is 0 Å². The van der Waals surface area contributed by atoms with Crippen LogP contribution >= 0.6 is 0 Å². The molecular formula is C24H24N6O6S. The third kappa shape index (κ3) is 4.93. The lowest BCUT2D eigenvalue weighted by molar-refractivity contribution is -0.121. The van der Waals surface area contributed by atoms with Gasteiger partial charge in [-0.25, -0.2) is 8.42 Å². The molecule has 3 heterocycles. The summed E-state index contributed by atoms with van der Waals surface area (Å²) in [6.45, 7) is 2.26. The van der Waals surface area contributed by atoms with Gasteiger partial charge in [-0.2, -0.15) is 5.10 Å². The van der Waals surface area contributed by atoms with Crippen LogP contribution in [0.15, 0.2) is 58.2 Å². The fraction of sp³-hybridized carbons (Fsp3) is 0.208. The van der Waals surface area contributed by atoms with Crippen LogP contribution in [0, 0.1) is 6.92 Å². The zero-order chi connectivity index (χ0) is 26.2. The number of hydrogen-bond acceptors (Lipinski definition) is 8. The molecule has 0 atom stereocenters. The molecular weight excluding hydrogens is 500 g/mol. The predicted molar refractivity (Wildman–Crippen MR) is 136 cm³/mol. The summed E-state index contributed by atoms with van der Waals surface area (Å²) >= 11 is 0. The summed E-state index contributed by atoms with van der Waals surface area (Å²) in [5.74, 6) is 0.696. The van der Waals surface area contributed by atoms with Gasteiger partial charge in [0.1, 0.15) is 25.4 Å². The van der Waals surface area contributed by atoms with Gasteiger partial charge in [0.15, 0.2) is 17.3 Å². The lowest BCUT2D eigenvalue weighted by Crippen LogP contribution is -2.34. The molecule has 13 heteroatoms. The average Bonchev–Trinajstić information content (AvgIpc) is 3.26. The van der Waals surface area contributed by atoms with Gasteiger partial charge in [0.2, 0.25) is 5.91 Å². The van der Waals surface area contributed by atoms with Gasteiger partial charge >= 0.3 is 0 Å². The highest BCUT2D eigenvalue weighted by atomic mass is 32.2. The number of aromatic amines is 1. The molecule has 192 valence electrons. The Hall–Kier alpha value is -4.52. The third-order valence-electron chi connectivity index (χ3n) is 5.91. The Bertz CT molecular complexity index is 1680. The van der Waals surface area contributed by atoms with Crippen molar-refractivity contribution >= 4 is 38.3 Å². The molecule has 1 aliphatic heterocycles. The van der Waals surface area contributed by atoms with Crippen molar-refractivity contribution in [2.45, 2.75) is 24.9 Å². The number of H-pyrrole nitrogens is 1. The highest BCUT2D eigenvalue weighted by Gasteiger charge is 2.21. The van der Waals surface area contributed by atoms with Gasteiger partial charge in [-0.1, -0.05) is 6.07 Å². The Balaban J connectivity index is 1.30. The maximum absolute atomic E-state index is 13.1. The zero-order valence-electron chi connectivity index (χ0n) is 19.8. The Morgan fingerprint density at radius 3 is 2.70 bits per heavy atom. The minimum Gasteiger partial charge on any atom is -0.486 e. The molecule has 0 bridgehead atoms. The van der Waals surface area contributed by atoms with E-state index in [1.54, 1.807) is 13.0 Å². The first-order chi connectivity index (χ1) is 17.7. The van der Waals surface area contributed by atoms with E-state index in [4.69, 9.17) is 15.2 Å². The molecule has 0 aliphatic carbocycles. The van der Waals surface area contributed by atoms with Crippen LogP contribution in [0.2, 0.25) is 0 Å². The Morgan fingerprint density at radius 2 is 1.89 bits per heavy atom. The minimum absolute atomic E-state index is 0.0868.